The molecule has 0 aromatic rings. The first-order valence-corrected chi connectivity index (χ1v) is 7.52. The van der Waals surface area contributed by atoms with E-state index in [9.17, 15) is 14.7 Å². The third kappa shape index (κ3) is 2.49. The second-order valence-electron chi connectivity index (χ2n) is 6.34. The molecule has 3 unspecified atom stereocenters. The second-order valence-corrected chi connectivity index (χ2v) is 6.34. The maximum atomic E-state index is 11.9. The molecule has 2 heterocycles. The molecular weight excluding hydrogens is 260 g/mol. The Kier molecular flexibility index (Phi) is 3.58. The van der Waals surface area contributed by atoms with Gasteiger partial charge in [-0.05, 0) is 32.1 Å². The fourth-order valence-electron chi connectivity index (χ4n) is 3.78. The van der Waals surface area contributed by atoms with Crippen molar-refractivity contribution >= 4 is 12.0 Å². The molecule has 112 valence electrons. The van der Waals surface area contributed by atoms with E-state index in [-0.39, 0.29) is 24.7 Å². The van der Waals surface area contributed by atoms with Crippen molar-refractivity contribution in [3.8, 4) is 0 Å². The van der Waals surface area contributed by atoms with Gasteiger partial charge in [-0.1, -0.05) is 12.8 Å². The zero-order valence-corrected chi connectivity index (χ0v) is 11.6. The summed E-state index contributed by atoms with van der Waals surface area (Å²) in [5, 5.41) is 15.0. The van der Waals surface area contributed by atoms with Gasteiger partial charge in [0.1, 0.15) is 0 Å². The summed E-state index contributed by atoms with van der Waals surface area (Å²) in [6.45, 7) is 0.218. The summed E-state index contributed by atoms with van der Waals surface area (Å²) in [5.41, 5.74) is -0.761. The average Bonchev–Trinajstić information content (AvgIpc) is 3.13. The lowest BCUT2D eigenvalue weighted by molar-refractivity contribution is -0.148. The predicted octanol–water partition coefficient (Wildman–Crippen LogP) is 1.25. The summed E-state index contributed by atoms with van der Waals surface area (Å²) in [6.07, 6.45) is 6.57. The summed E-state index contributed by atoms with van der Waals surface area (Å²) in [4.78, 5) is 23.3. The van der Waals surface area contributed by atoms with Gasteiger partial charge in [-0.2, -0.15) is 0 Å². The van der Waals surface area contributed by atoms with E-state index in [1.807, 2.05) is 0 Å². The van der Waals surface area contributed by atoms with Gasteiger partial charge in [-0.3, -0.25) is 4.79 Å². The van der Waals surface area contributed by atoms with Crippen LogP contribution in [0.3, 0.4) is 0 Å². The number of aliphatic carboxylic acids is 1. The lowest BCUT2D eigenvalue weighted by Gasteiger charge is -2.25. The van der Waals surface area contributed by atoms with Gasteiger partial charge in [-0.25, -0.2) is 4.79 Å². The summed E-state index contributed by atoms with van der Waals surface area (Å²) in [6, 6.07) is -0.184. The Labute approximate surface area is 118 Å². The van der Waals surface area contributed by atoms with Crippen LogP contribution in [0.2, 0.25) is 0 Å². The van der Waals surface area contributed by atoms with Crippen molar-refractivity contribution in [3.63, 3.8) is 0 Å². The topological polar surface area (TPSA) is 87.7 Å². The standard InChI is InChI=1S/C14H22N2O4/c17-12(18)14(5-1-2-6-14)8-15-13(19)16-10-7-9-3-4-11(10)20-9/h9-11H,1-8H2,(H,17,18)(H2,15,16,19). The number of amides is 2. The normalized spacial score (nSPS) is 34.1. The van der Waals surface area contributed by atoms with E-state index in [4.69, 9.17) is 4.74 Å². The predicted molar refractivity (Wildman–Crippen MR) is 71.4 cm³/mol. The highest BCUT2D eigenvalue weighted by Crippen LogP contribution is 2.38. The molecule has 20 heavy (non-hydrogen) atoms. The van der Waals surface area contributed by atoms with Gasteiger partial charge >= 0.3 is 12.0 Å². The van der Waals surface area contributed by atoms with E-state index in [2.05, 4.69) is 10.6 Å². The van der Waals surface area contributed by atoms with E-state index < -0.39 is 11.4 Å². The Morgan fingerprint density at radius 2 is 2.00 bits per heavy atom. The fourth-order valence-corrected chi connectivity index (χ4v) is 3.78. The number of nitrogens with one attached hydrogen (secondary N) is 2. The second kappa shape index (κ2) is 5.24. The highest BCUT2D eigenvalue weighted by molar-refractivity contribution is 5.78. The van der Waals surface area contributed by atoms with Gasteiger partial charge in [0.25, 0.3) is 0 Å². The van der Waals surface area contributed by atoms with Gasteiger partial charge < -0.3 is 20.5 Å². The largest absolute Gasteiger partial charge is 0.481 e. The first-order valence-electron chi connectivity index (χ1n) is 7.52. The number of carboxylic acid groups (broad SMARTS) is 1. The average molecular weight is 282 g/mol. The van der Waals surface area contributed by atoms with Crippen molar-refractivity contribution < 1.29 is 19.4 Å². The van der Waals surface area contributed by atoms with E-state index in [1.54, 1.807) is 0 Å². The molecule has 1 aliphatic carbocycles. The minimum absolute atomic E-state index is 0.0816. The molecule has 3 fully saturated rings. The van der Waals surface area contributed by atoms with Crippen molar-refractivity contribution in [2.75, 3.05) is 6.54 Å². The van der Waals surface area contributed by atoms with Gasteiger partial charge in [0.05, 0.1) is 23.7 Å². The number of carboxylic acids is 1. The zero-order chi connectivity index (χ0) is 14.2. The summed E-state index contributed by atoms with van der Waals surface area (Å²) in [5.74, 6) is -0.793. The van der Waals surface area contributed by atoms with Crippen LogP contribution in [0.25, 0.3) is 0 Å². The number of hydrogen-bond acceptors (Lipinski definition) is 3. The molecule has 2 amide bonds. The molecule has 2 aliphatic heterocycles. The number of hydrogen-bond donors (Lipinski definition) is 3. The van der Waals surface area contributed by atoms with Crippen LogP contribution >= 0.6 is 0 Å². The Bertz CT molecular complexity index is 406. The number of rotatable bonds is 4. The third-order valence-electron chi connectivity index (χ3n) is 5.02. The van der Waals surface area contributed by atoms with Crippen LogP contribution in [0.15, 0.2) is 0 Å². The maximum Gasteiger partial charge on any atom is 0.315 e. The molecule has 0 aromatic carbocycles. The Balaban J connectivity index is 1.48. The van der Waals surface area contributed by atoms with Gasteiger partial charge in [-0.15, -0.1) is 0 Å². The van der Waals surface area contributed by atoms with E-state index in [0.717, 1.165) is 32.1 Å². The monoisotopic (exact) mass is 282 g/mol. The zero-order valence-electron chi connectivity index (χ0n) is 11.6. The lowest BCUT2D eigenvalue weighted by Crippen LogP contribution is -2.50. The molecule has 2 saturated heterocycles. The van der Waals surface area contributed by atoms with E-state index in [0.29, 0.717) is 18.9 Å². The minimum Gasteiger partial charge on any atom is -0.481 e. The molecule has 3 atom stereocenters. The van der Waals surface area contributed by atoms with Crippen molar-refractivity contribution in [2.45, 2.75) is 63.2 Å². The van der Waals surface area contributed by atoms with Crippen molar-refractivity contribution in [2.24, 2.45) is 5.41 Å². The minimum atomic E-state index is -0.793. The van der Waals surface area contributed by atoms with Crippen molar-refractivity contribution in [1.82, 2.24) is 10.6 Å². The molecule has 0 aromatic heterocycles. The molecule has 1 saturated carbocycles. The van der Waals surface area contributed by atoms with Crippen LogP contribution in [0.1, 0.15) is 44.9 Å². The molecule has 0 radical (unpaired) electrons. The van der Waals surface area contributed by atoms with Gasteiger partial charge in [0.15, 0.2) is 0 Å². The summed E-state index contributed by atoms with van der Waals surface area (Å²) >= 11 is 0. The smallest absolute Gasteiger partial charge is 0.315 e. The molecular formula is C14H22N2O4. The Morgan fingerprint density at radius 1 is 1.25 bits per heavy atom. The highest BCUT2D eigenvalue weighted by Gasteiger charge is 2.43. The Morgan fingerprint density at radius 3 is 2.55 bits per heavy atom. The first-order chi connectivity index (χ1) is 9.59. The van der Waals surface area contributed by atoms with Crippen molar-refractivity contribution in [1.29, 1.82) is 0 Å². The summed E-state index contributed by atoms with van der Waals surface area (Å²) in [7, 11) is 0. The van der Waals surface area contributed by atoms with Crippen LogP contribution in [-0.4, -0.2) is 41.9 Å². The van der Waals surface area contributed by atoms with Crippen molar-refractivity contribution in [3.05, 3.63) is 0 Å². The maximum absolute atomic E-state index is 11.9. The van der Waals surface area contributed by atoms with E-state index in [1.165, 1.54) is 0 Å². The number of carbonyl (C=O) groups is 2. The lowest BCUT2D eigenvalue weighted by atomic mass is 9.86. The van der Waals surface area contributed by atoms with Crippen LogP contribution in [0.4, 0.5) is 4.79 Å². The first kappa shape index (κ1) is 13.7. The van der Waals surface area contributed by atoms with Crippen LogP contribution < -0.4 is 10.6 Å². The quantitative estimate of drug-likeness (QED) is 0.724. The third-order valence-corrected chi connectivity index (χ3v) is 5.02. The molecule has 6 nitrogen and oxygen atoms in total. The van der Waals surface area contributed by atoms with Gasteiger partial charge in [0.2, 0.25) is 0 Å². The van der Waals surface area contributed by atoms with Crippen LogP contribution in [-0.2, 0) is 9.53 Å². The SMILES string of the molecule is O=C(NCC1(C(=O)O)CCCC1)NC1CC2CCC1O2. The highest BCUT2D eigenvalue weighted by atomic mass is 16.5. The molecule has 6 heteroatoms. The van der Waals surface area contributed by atoms with Crippen LogP contribution in [0, 0.1) is 5.41 Å². The number of fused-ring (bicyclic) bond motifs is 2. The van der Waals surface area contributed by atoms with Gasteiger partial charge in [0, 0.05) is 6.54 Å². The molecule has 3 rings (SSSR count). The molecule has 0 spiro atoms. The Hall–Kier alpha value is -1.30. The number of carbonyl (C=O) groups excluding carboxylic acids is 1. The molecule has 2 bridgehead atoms. The summed E-state index contributed by atoms with van der Waals surface area (Å²) < 4.78 is 5.69. The molecule has 3 N–H and O–H groups in total. The number of ether oxygens (including phenoxy) is 1. The van der Waals surface area contributed by atoms with Crippen LogP contribution in [0.5, 0.6) is 0 Å². The fraction of sp³-hybridized carbons (Fsp3) is 0.857. The number of urea groups is 1. The van der Waals surface area contributed by atoms with E-state index >= 15 is 0 Å². The molecule has 3 aliphatic rings.